The van der Waals surface area contributed by atoms with Crippen molar-refractivity contribution >= 4 is 0 Å². The van der Waals surface area contributed by atoms with E-state index in [0.717, 1.165) is 0 Å². The lowest BCUT2D eigenvalue weighted by atomic mass is 10.0. The average molecular weight is 290 g/mol. The number of halogens is 1. The van der Waals surface area contributed by atoms with Gasteiger partial charge in [0.2, 0.25) is 0 Å². The van der Waals surface area contributed by atoms with E-state index in [1.54, 1.807) is 18.2 Å². The summed E-state index contributed by atoms with van der Waals surface area (Å²) in [6.45, 7) is 1.00. The Morgan fingerprint density at radius 3 is 2.48 bits per heavy atom. The predicted molar refractivity (Wildman–Crippen MR) is 74.4 cm³/mol. The Labute approximate surface area is 121 Å². The second kappa shape index (κ2) is 5.61. The second-order valence-corrected chi connectivity index (χ2v) is 4.70. The fourth-order valence-corrected chi connectivity index (χ4v) is 2.27. The molecule has 1 atom stereocenters. The van der Waals surface area contributed by atoms with Crippen LogP contribution in [-0.2, 0) is 0 Å². The standard InChI is InChI=1S/C16H15FO4/c1-19-14-8-10(2-4-12(14)17)16(18)11-3-5-13-15(9-11)21-7-6-20-13/h2-5,8-9,16,18H,6-7H2,1H3. The molecule has 1 unspecified atom stereocenters. The van der Waals surface area contributed by atoms with E-state index in [9.17, 15) is 9.50 Å². The monoisotopic (exact) mass is 290 g/mol. The number of aliphatic hydroxyl groups excluding tert-OH is 1. The van der Waals surface area contributed by atoms with Gasteiger partial charge in [0.05, 0.1) is 7.11 Å². The molecule has 1 aliphatic heterocycles. The summed E-state index contributed by atoms with van der Waals surface area (Å²) in [6, 6.07) is 9.53. The maximum absolute atomic E-state index is 13.4. The normalized spacial score (nSPS) is 14.6. The van der Waals surface area contributed by atoms with Gasteiger partial charge in [0.1, 0.15) is 19.3 Å². The summed E-state index contributed by atoms with van der Waals surface area (Å²) in [5.74, 6) is 0.903. The third-order valence-electron chi connectivity index (χ3n) is 3.37. The van der Waals surface area contributed by atoms with Crippen molar-refractivity contribution in [3.05, 3.63) is 53.3 Å². The molecule has 0 aliphatic carbocycles. The van der Waals surface area contributed by atoms with E-state index in [-0.39, 0.29) is 5.75 Å². The minimum absolute atomic E-state index is 0.101. The zero-order chi connectivity index (χ0) is 14.8. The van der Waals surface area contributed by atoms with Crippen LogP contribution in [0, 0.1) is 5.82 Å². The smallest absolute Gasteiger partial charge is 0.165 e. The zero-order valence-corrected chi connectivity index (χ0v) is 11.5. The number of methoxy groups -OCH3 is 1. The molecule has 0 amide bonds. The molecule has 0 saturated carbocycles. The Bertz CT molecular complexity index is 657. The van der Waals surface area contributed by atoms with Crippen LogP contribution >= 0.6 is 0 Å². The highest BCUT2D eigenvalue weighted by Crippen LogP contribution is 2.35. The van der Waals surface area contributed by atoms with Gasteiger partial charge in [-0.3, -0.25) is 0 Å². The van der Waals surface area contributed by atoms with Gasteiger partial charge in [0.25, 0.3) is 0 Å². The highest BCUT2D eigenvalue weighted by Gasteiger charge is 2.17. The molecule has 0 fully saturated rings. The third-order valence-corrected chi connectivity index (χ3v) is 3.37. The lowest BCUT2D eigenvalue weighted by Gasteiger charge is -2.20. The lowest BCUT2D eigenvalue weighted by molar-refractivity contribution is 0.169. The summed E-state index contributed by atoms with van der Waals surface area (Å²) >= 11 is 0. The predicted octanol–water partition coefficient (Wildman–Crippen LogP) is 2.69. The molecular weight excluding hydrogens is 275 g/mol. The van der Waals surface area contributed by atoms with Crippen molar-refractivity contribution in [2.75, 3.05) is 20.3 Å². The first-order valence-electron chi connectivity index (χ1n) is 6.60. The fraction of sp³-hybridized carbons (Fsp3) is 0.250. The molecule has 0 bridgehead atoms. The molecule has 21 heavy (non-hydrogen) atoms. The van der Waals surface area contributed by atoms with Crippen molar-refractivity contribution in [1.82, 2.24) is 0 Å². The molecule has 1 heterocycles. The summed E-state index contributed by atoms with van der Waals surface area (Å²) in [7, 11) is 1.39. The molecular formula is C16H15FO4. The van der Waals surface area contributed by atoms with E-state index in [1.165, 1.54) is 25.3 Å². The first-order valence-corrected chi connectivity index (χ1v) is 6.60. The maximum atomic E-state index is 13.4. The maximum Gasteiger partial charge on any atom is 0.165 e. The Kier molecular flexibility index (Phi) is 3.66. The topological polar surface area (TPSA) is 47.9 Å². The van der Waals surface area contributed by atoms with Crippen LogP contribution in [0.4, 0.5) is 4.39 Å². The van der Waals surface area contributed by atoms with Crippen molar-refractivity contribution in [2.24, 2.45) is 0 Å². The van der Waals surface area contributed by atoms with E-state index >= 15 is 0 Å². The number of fused-ring (bicyclic) bond motifs is 1. The zero-order valence-electron chi connectivity index (χ0n) is 11.5. The molecule has 1 N–H and O–H groups in total. The van der Waals surface area contributed by atoms with Crippen LogP contribution in [0.15, 0.2) is 36.4 Å². The molecule has 0 saturated heterocycles. The van der Waals surface area contributed by atoms with Crippen LogP contribution < -0.4 is 14.2 Å². The Morgan fingerprint density at radius 2 is 1.71 bits per heavy atom. The van der Waals surface area contributed by atoms with E-state index in [0.29, 0.717) is 35.8 Å². The van der Waals surface area contributed by atoms with Crippen molar-refractivity contribution in [3.63, 3.8) is 0 Å². The minimum atomic E-state index is -0.893. The van der Waals surface area contributed by atoms with Gasteiger partial charge in [0, 0.05) is 0 Å². The molecule has 5 heteroatoms. The molecule has 4 nitrogen and oxygen atoms in total. The van der Waals surface area contributed by atoms with Crippen LogP contribution in [0.25, 0.3) is 0 Å². The van der Waals surface area contributed by atoms with Gasteiger partial charge in [-0.05, 0) is 35.4 Å². The van der Waals surface area contributed by atoms with Gasteiger partial charge >= 0.3 is 0 Å². The van der Waals surface area contributed by atoms with Crippen molar-refractivity contribution in [3.8, 4) is 17.2 Å². The average Bonchev–Trinajstić information content (AvgIpc) is 2.54. The van der Waals surface area contributed by atoms with Gasteiger partial charge in [-0.2, -0.15) is 0 Å². The number of ether oxygens (including phenoxy) is 3. The lowest BCUT2D eigenvalue weighted by Crippen LogP contribution is -2.15. The van der Waals surface area contributed by atoms with Gasteiger partial charge < -0.3 is 19.3 Å². The highest BCUT2D eigenvalue weighted by atomic mass is 19.1. The van der Waals surface area contributed by atoms with Crippen molar-refractivity contribution in [2.45, 2.75) is 6.10 Å². The van der Waals surface area contributed by atoms with Gasteiger partial charge in [-0.25, -0.2) is 4.39 Å². The number of hydrogen-bond donors (Lipinski definition) is 1. The van der Waals surface area contributed by atoms with Crippen LogP contribution in [0.2, 0.25) is 0 Å². The Hall–Kier alpha value is -2.27. The Balaban J connectivity index is 1.92. The quantitative estimate of drug-likeness (QED) is 0.944. The summed E-state index contributed by atoms with van der Waals surface area (Å²) < 4.78 is 29.3. The number of rotatable bonds is 3. The van der Waals surface area contributed by atoms with E-state index in [4.69, 9.17) is 14.2 Å². The first kappa shape index (κ1) is 13.7. The summed E-state index contributed by atoms with van der Waals surface area (Å²) in [5, 5.41) is 10.4. The molecule has 110 valence electrons. The SMILES string of the molecule is COc1cc(C(O)c2ccc3c(c2)OCCO3)ccc1F. The third kappa shape index (κ3) is 2.64. The van der Waals surface area contributed by atoms with Crippen LogP contribution in [0.1, 0.15) is 17.2 Å². The van der Waals surface area contributed by atoms with Gasteiger partial charge in [-0.1, -0.05) is 12.1 Å². The number of benzene rings is 2. The summed E-state index contributed by atoms with van der Waals surface area (Å²) in [5.41, 5.74) is 1.19. The van der Waals surface area contributed by atoms with Gasteiger partial charge in [0.15, 0.2) is 23.1 Å². The van der Waals surface area contributed by atoms with Gasteiger partial charge in [-0.15, -0.1) is 0 Å². The minimum Gasteiger partial charge on any atom is -0.494 e. The summed E-state index contributed by atoms with van der Waals surface area (Å²) in [6.07, 6.45) is -0.893. The molecule has 0 spiro atoms. The molecule has 0 radical (unpaired) electrons. The fourth-order valence-electron chi connectivity index (χ4n) is 2.27. The molecule has 1 aliphatic rings. The van der Waals surface area contributed by atoms with E-state index in [2.05, 4.69) is 0 Å². The molecule has 0 aromatic heterocycles. The first-order chi connectivity index (χ1) is 10.2. The molecule has 2 aromatic carbocycles. The molecule has 2 aromatic rings. The van der Waals surface area contributed by atoms with Crippen LogP contribution in [0.3, 0.4) is 0 Å². The Morgan fingerprint density at radius 1 is 1.05 bits per heavy atom. The largest absolute Gasteiger partial charge is 0.494 e. The number of hydrogen-bond acceptors (Lipinski definition) is 4. The van der Waals surface area contributed by atoms with E-state index < -0.39 is 11.9 Å². The highest BCUT2D eigenvalue weighted by molar-refractivity contribution is 5.46. The van der Waals surface area contributed by atoms with Crippen LogP contribution in [0.5, 0.6) is 17.2 Å². The summed E-state index contributed by atoms with van der Waals surface area (Å²) in [4.78, 5) is 0. The van der Waals surface area contributed by atoms with Crippen molar-refractivity contribution in [1.29, 1.82) is 0 Å². The van der Waals surface area contributed by atoms with Crippen LogP contribution in [-0.4, -0.2) is 25.4 Å². The van der Waals surface area contributed by atoms with Crippen molar-refractivity contribution < 1.29 is 23.7 Å². The molecule has 3 rings (SSSR count). The second-order valence-electron chi connectivity index (χ2n) is 4.70. The van der Waals surface area contributed by atoms with E-state index in [1.807, 2.05) is 0 Å². The number of aliphatic hydroxyl groups is 1.